The van der Waals surface area contributed by atoms with Gasteiger partial charge in [0.2, 0.25) is 5.88 Å². The molecule has 0 bridgehead atoms. The summed E-state index contributed by atoms with van der Waals surface area (Å²) in [5.74, 6) is 1.68. The minimum Gasteiger partial charge on any atom is -0.484 e. The predicted molar refractivity (Wildman–Crippen MR) is 110 cm³/mol. The van der Waals surface area contributed by atoms with E-state index in [2.05, 4.69) is 11.6 Å². The molecule has 0 saturated heterocycles. The third-order valence-corrected chi connectivity index (χ3v) is 4.07. The molecule has 0 aliphatic rings. The summed E-state index contributed by atoms with van der Waals surface area (Å²) in [5.41, 5.74) is 4.86. The van der Waals surface area contributed by atoms with Crippen LogP contribution in [0.1, 0.15) is 34.8 Å². The molecule has 0 unspecified atom stereocenters. The third kappa shape index (κ3) is 5.17. The van der Waals surface area contributed by atoms with Crippen LogP contribution >= 0.6 is 0 Å². The van der Waals surface area contributed by atoms with Gasteiger partial charge in [0.25, 0.3) is 0 Å². The predicted octanol–water partition coefficient (Wildman–Crippen LogP) is 5.64. The fourth-order valence-corrected chi connectivity index (χ4v) is 2.91. The molecule has 0 radical (unpaired) electrons. The number of benzene rings is 2. The number of aryl methyl sites for hydroxylation is 2. The van der Waals surface area contributed by atoms with Gasteiger partial charge in [-0.1, -0.05) is 37.8 Å². The van der Waals surface area contributed by atoms with E-state index in [1.54, 1.807) is 25.3 Å². The molecule has 4 heteroatoms. The van der Waals surface area contributed by atoms with Crippen molar-refractivity contribution in [1.29, 1.82) is 0 Å². The third-order valence-electron chi connectivity index (χ3n) is 4.07. The Kier molecular flexibility index (Phi) is 7.12. The summed E-state index contributed by atoms with van der Waals surface area (Å²) in [6.45, 7) is 9.72. The molecule has 0 saturated carbocycles. The van der Waals surface area contributed by atoms with Crippen LogP contribution in [0.5, 0.6) is 5.75 Å². The van der Waals surface area contributed by atoms with E-state index in [9.17, 15) is 4.79 Å². The Morgan fingerprint density at radius 2 is 1.89 bits per heavy atom. The first-order chi connectivity index (χ1) is 13.0. The zero-order valence-corrected chi connectivity index (χ0v) is 16.3. The Labute approximate surface area is 160 Å². The number of methoxy groups -OCH3 is 1. The molecule has 140 valence electrons. The molecule has 0 spiro atoms. The second kappa shape index (κ2) is 9.53. The number of nitrogens with zero attached hydrogens (tertiary/aromatic N) is 1. The van der Waals surface area contributed by atoms with Crippen LogP contribution in [-0.2, 0) is 4.74 Å². The summed E-state index contributed by atoms with van der Waals surface area (Å²) in [6, 6.07) is 11.5. The summed E-state index contributed by atoms with van der Waals surface area (Å²) in [6.07, 6.45) is 4.84. The van der Waals surface area contributed by atoms with Crippen molar-refractivity contribution in [2.45, 2.75) is 27.2 Å². The zero-order chi connectivity index (χ0) is 19.8. The van der Waals surface area contributed by atoms with Gasteiger partial charge >= 0.3 is 0 Å². The van der Waals surface area contributed by atoms with Crippen molar-refractivity contribution in [2.75, 3.05) is 7.11 Å². The summed E-state index contributed by atoms with van der Waals surface area (Å²) >= 11 is 0. The Balaban J connectivity index is 2.40. The number of rotatable bonds is 7. The number of carbonyl (C=O) groups excluding carboxylic acids is 1. The van der Waals surface area contributed by atoms with Crippen LogP contribution in [0, 0.1) is 13.8 Å². The molecule has 0 N–H and O–H groups in total. The van der Waals surface area contributed by atoms with E-state index in [-0.39, 0.29) is 0 Å². The summed E-state index contributed by atoms with van der Waals surface area (Å²) in [5, 5.41) is 0. The highest BCUT2D eigenvalue weighted by Gasteiger charge is 2.10. The van der Waals surface area contributed by atoms with Crippen LogP contribution in [0.15, 0.2) is 66.0 Å². The van der Waals surface area contributed by atoms with Crippen molar-refractivity contribution < 1.29 is 14.3 Å². The van der Waals surface area contributed by atoms with E-state index in [1.165, 1.54) is 0 Å². The van der Waals surface area contributed by atoms with E-state index < -0.39 is 0 Å². The second-order valence-electron chi connectivity index (χ2n) is 6.08. The van der Waals surface area contributed by atoms with E-state index in [0.29, 0.717) is 29.5 Å². The van der Waals surface area contributed by atoms with Gasteiger partial charge in [0.1, 0.15) is 12.0 Å². The van der Waals surface area contributed by atoms with Crippen molar-refractivity contribution >= 4 is 12.2 Å². The van der Waals surface area contributed by atoms with Crippen molar-refractivity contribution in [3.63, 3.8) is 0 Å². The maximum atomic E-state index is 11.1. The molecule has 0 heterocycles. The molecule has 0 fully saturated rings. The Morgan fingerprint density at radius 3 is 2.44 bits per heavy atom. The van der Waals surface area contributed by atoms with Crippen LogP contribution in [0.3, 0.4) is 0 Å². The number of carbonyl (C=O) groups is 1. The molecule has 4 nitrogen and oxygen atoms in total. The highest BCUT2D eigenvalue weighted by molar-refractivity contribution is 5.81. The Hall–Kier alpha value is -3.14. The van der Waals surface area contributed by atoms with Crippen LogP contribution in [0.4, 0.5) is 0 Å². The lowest BCUT2D eigenvalue weighted by molar-refractivity contribution is 0.112. The molecule has 0 aromatic heterocycles. The van der Waals surface area contributed by atoms with Crippen molar-refractivity contribution in [3.05, 3.63) is 77.7 Å². The fraction of sp³-hybridized carbons (Fsp3) is 0.217. The first kappa shape index (κ1) is 20.2. The van der Waals surface area contributed by atoms with Gasteiger partial charge in [0.15, 0.2) is 5.90 Å². The number of aliphatic imine (C=N–C) groups is 1. The number of ether oxygens (including phenoxy) is 2. The maximum Gasteiger partial charge on any atom is 0.222 e. The molecule has 2 rings (SSSR count). The van der Waals surface area contributed by atoms with Gasteiger partial charge in [-0.05, 0) is 54.3 Å². The van der Waals surface area contributed by atoms with Gasteiger partial charge in [-0.25, -0.2) is 0 Å². The topological polar surface area (TPSA) is 47.9 Å². The van der Waals surface area contributed by atoms with Gasteiger partial charge in [-0.2, -0.15) is 4.99 Å². The molecular weight excluding hydrogens is 338 g/mol. The van der Waals surface area contributed by atoms with Crippen LogP contribution in [0.2, 0.25) is 0 Å². The first-order valence-electron chi connectivity index (χ1n) is 8.81. The average molecular weight is 363 g/mol. The van der Waals surface area contributed by atoms with E-state index in [1.807, 2.05) is 51.1 Å². The Morgan fingerprint density at radius 1 is 1.19 bits per heavy atom. The lowest BCUT2D eigenvalue weighted by Gasteiger charge is -2.14. The Bertz CT molecular complexity index is 865. The van der Waals surface area contributed by atoms with E-state index in [0.717, 1.165) is 28.5 Å². The largest absolute Gasteiger partial charge is 0.484 e. The van der Waals surface area contributed by atoms with Crippen molar-refractivity contribution in [2.24, 2.45) is 4.99 Å². The SMILES string of the molecule is C=C/C=C(\N=C(/CC)OC)Oc1cc(C)c(-c2cccc(C=O)c2)c(C)c1. The summed E-state index contributed by atoms with van der Waals surface area (Å²) in [7, 11) is 1.59. The molecular formula is C23H25NO3. The lowest BCUT2D eigenvalue weighted by Crippen LogP contribution is -2.03. The minimum absolute atomic E-state index is 0.415. The molecule has 0 atom stereocenters. The smallest absolute Gasteiger partial charge is 0.222 e. The highest BCUT2D eigenvalue weighted by atomic mass is 16.5. The summed E-state index contributed by atoms with van der Waals surface area (Å²) in [4.78, 5) is 15.5. The number of aldehydes is 1. The molecule has 0 amide bonds. The van der Waals surface area contributed by atoms with Crippen LogP contribution < -0.4 is 4.74 Å². The molecule has 0 aliphatic carbocycles. The maximum absolute atomic E-state index is 11.1. The van der Waals surface area contributed by atoms with Gasteiger partial charge in [-0.3, -0.25) is 4.79 Å². The van der Waals surface area contributed by atoms with Gasteiger partial charge in [-0.15, -0.1) is 0 Å². The normalized spacial score (nSPS) is 11.9. The zero-order valence-electron chi connectivity index (χ0n) is 16.3. The minimum atomic E-state index is 0.415. The van der Waals surface area contributed by atoms with E-state index >= 15 is 0 Å². The van der Waals surface area contributed by atoms with E-state index in [4.69, 9.17) is 9.47 Å². The van der Waals surface area contributed by atoms with Gasteiger partial charge < -0.3 is 9.47 Å². The average Bonchev–Trinajstić information content (AvgIpc) is 2.65. The monoisotopic (exact) mass is 363 g/mol. The van der Waals surface area contributed by atoms with Gasteiger partial charge in [0.05, 0.1) is 7.11 Å². The molecule has 2 aromatic carbocycles. The van der Waals surface area contributed by atoms with Gasteiger partial charge in [0, 0.05) is 18.1 Å². The van der Waals surface area contributed by atoms with Crippen molar-refractivity contribution in [3.8, 4) is 16.9 Å². The first-order valence-corrected chi connectivity index (χ1v) is 8.81. The number of hydrogen-bond acceptors (Lipinski definition) is 4. The quantitative estimate of drug-likeness (QED) is 0.210. The van der Waals surface area contributed by atoms with Crippen molar-refractivity contribution in [1.82, 2.24) is 0 Å². The summed E-state index contributed by atoms with van der Waals surface area (Å²) < 4.78 is 11.2. The van der Waals surface area contributed by atoms with Crippen LogP contribution in [0.25, 0.3) is 11.1 Å². The molecule has 2 aromatic rings. The number of hydrogen-bond donors (Lipinski definition) is 0. The second-order valence-corrected chi connectivity index (χ2v) is 6.08. The fourth-order valence-electron chi connectivity index (χ4n) is 2.91. The molecule has 27 heavy (non-hydrogen) atoms. The number of allylic oxidation sites excluding steroid dienone is 2. The highest BCUT2D eigenvalue weighted by Crippen LogP contribution is 2.32. The van der Waals surface area contributed by atoms with Crippen LogP contribution in [-0.4, -0.2) is 19.3 Å². The lowest BCUT2D eigenvalue weighted by atomic mass is 9.94. The standard InChI is InChI=1S/C23H25NO3/c1-6-9-22(24-21(7-2)26-5)27-20-12-16(3)23(17(4)13-20)19-11-8-10-18(14-19)15-25/h6,8-15H,1,7H2,2-5H3/b22-9+,24-21+. The molecule has 0 aliphatic heterocycles.